The van der Waals surface area contributed by atoms with Crippen LogP contribution in [-0.2, 0) is 9.59 Å². The minimum atomic E-state index is -0.635. The van der Waals surface area contributed by atoms with Gasteiger partial charge < -0.3 is 21.2 Å². The molecule has 1 aromatic carbocycles. The van der Waals surface area contributed by atoms with Gasteiger partial charge in [-0.25, -0.2) is 0 Å². The van der Waals surface area contributed by atoms with Gasteiger partial charge in [0.15, 0.2) is 0 Å². The summed E-state index contributed by atoms with van der Waals surface area (Å²) in [7, 11) is 0. The SMILES string of the molecule is CC(C=N[C@H](C(=O)N1CCC[C@H]1C(=O)N[C@@H](CO)c1ccc(-c2ccnnc2)cc1)C(C)C)=NN. The number of nitrogens with one attached hydrogen (secondary N) is 1. The van der Waals surface area contributed by atoms with Crippen molar-refractivity contribution in [3.05, 3.63) is 48.3 Å². The molecule has 2 amide bonds. The Morgan fingerprint density at radius 2 is 1.97 bits per heavy atom. The van der Waals surface area contributed by atoms with Crippen molar-refractivity contribution in [1.29, 1.82) is 0 Å². The lowest BCUT2D eigenvalue weighted by Gasteiger charge is -2.29. The second-order valence-electron chi connectivity index (χ2n) is 8.92. The standard InChI is InChI=1S/C25H33N7O3/c1-16(2)23(27-13-17(3)31-26)25(35)32-12-4-5-22(32)24(34)30-21(15-33)19-8-6-18(7-9-19)20-10-11-28-29-14-20/h6-11,13-14,16,21-23,33H,4-5,12,15,26H2,1-3H3,(H,30,34)/t21-,22-,23-/m0/s1. The average molecular weight is 480 g/mol. The highest BCUT2D eigenvalue weighted by Crippen LogP contribution is 2.24. The summed E-state index contributed by atoms with van der Waals surface area (Å²) in [6.45, 7) is 5.74. The third kappa shape index (κ3) is 6.48. The van der Waals surface area contributed by atoms with Crippen molar-refractivity contribution in [3.63, 3.8) is 0 Å². The molecule has 3 rings (SSSR count). The Hall–Kier alpha value is -3.66. The lowest BCUT2D eigenvalue weighted by molar-refractivity contribution is -0.140. The smallest absolute Gasteiger partial charge is 0.248 e. The number of amides is 2. The van der Waals surface area contributed by atoms with Crippen LogP contribution in [0.4, 0.5) is 0 Å². The average Bonchev–Trinajstić information content (AvgIpc) is 3.37. The van der Waals surface area contributed by atoms with E-state index in [4.69, 9.17) is 5.84 Å². The van der Waals surface area contributed by atoms with Crippen molar-refractivity contribution in [2.45, 2.75) is 51.7 Å². The molecule has 1 aromatic heterocycles. The van der Waals surface area contributed by atoms with Crippen LogP contribution in [0, 0.1) is 5.92 Å². The van der Waals surface area contributed by atoms with E-state index in [9.17, 15) is 14.7 Å². The molecule has 10 heteroatoms. The fraction of sp³-hybridized carbons (Fsp3) is 0.440. The van der Waals surface area contributed by atoms with Crippen LogP contribution in [0.15, 0.2) is 52.8 Å². The van der Waals surface area contributed by atoms with E-state index in [-0.39, 0.29) is 24.3 Å². The molecule has 0 bridgehead atoms. The fourth-order valence-corrected chi connectivity index (χ4v) is 4.09. The molecule has 1 aliphatic heterocycles. The van der Waals surface area contributed by atoms with E-state index in [2.05, 4.69) is 25.6 Å². The zero-order valence-corrected chi connectivity index (χ0v) is 20.3. The van der Waals surface area contributed by atoms with E-state index >= 15 is 0 Å². The first kappa shape index (κ1) is 26.0. The zero-order valence-electron chi connectivity index (χ0n) is 20.3. The number of hydrazone groups is 1. The first-order valence-electron chi connectivity index (χ1n) is 11.7. The van der Waals surface area contributed by atoms with E-state index in [1.54, 1.807) is 24.2 Å². The molecule has 1 aliphatic rings. The number of rotatable bonds is 9. The molecule has 1 saturated heterocycles. The molecular formula is C25H33N7O3. The number of carbonyl (C=O) groups is 2. The summed E-state index contributed by atoms with van der Waals surface area (Å²) in [5.74, 6) is 4.71. The van der Waals surface area contributed by atoms with Gasteiger partial charge in [0, 0.05) is 18.3 Å². The first-order valence-corrected chi connectivity index (χ1v) is 11.7. The molecule has 0 spiro atoms. The number of aromatic nitrogens is 2. The minimum absolute atomic E-state index is 0.0621. The van der Waals surface area contributed by atoms with E-state index in [1.807, 2.05) is 44.2 Å². The Morgan fingerprint density at radius 1 is 1.23 bits per heavy atom. The predicted molar refractivity (Wildman–Crippen MR) is 135 cm³/mol. The summed E-state index contributed by atoms with van der Waals surface area (Å²) in [6, 6.07) is 7.56. The van der Waals surface area contributed by atoms with Crippen molar-refractivity contribution in [1.82, 2.24) is 20.4 Å². The van der Waals surface area contributed by atoms with Crippen molar-refractivity contribution < 1.29 is 14.7 Å². The highest BCUT2D eigenvalue weighted by molar-refractivity contribution is 6.29. The number of nitrogens with zero attached hydrogens (tertiary/aromatic N) is 5. The summed E-state index contributed by atoms with van der Waals surface area (Å²) < 4.78 is 0. The molecule has 0 saturated carbocycles. The molecule has 35 heavy (non-hydrogen) atoms. The van der Waals surface area contributed by atoms with Crippen molar-refractivity contribution >= 4 is 23.7 Å². The lowest BCUT2D eigenvalue weighted by Crippen LogP contribution is -2.50. The Morgan fingerprint density at radius 3 is 2.57 bits per heavy atom. The molecular weight excluding hydrogens is 446 g/mol. The van der Waals surface area contributed by atoms with Crippen LogP contribution < -0.4 is 11.2 Å². The largest absolute Gasteiger partial charge is 0.394 e. The van der Waals surface area contributed by atoms with Gasteiger partial charge in [0.2, 0.25) is 11.8 Å². The van der Waals surface area contributed by atoms with Crippen molar-refractivity contribution in [2.75, 3.05) is 13.2 Å². The van der Waals surface area contributed by atoms with E-state index < -0.39 is 18.1 Å². The van der Waals surface area contributed by atoms with Gasteiger partial charge in [-0.3, -0.25) is 14.6 Å². The number of hydrogen-bond donors (Lipinski definition) is 3. The monoisotopic (exact) mass is 479 g/mol. The number of likely N-dealkylation sites (tertiary alicyclic amines) is 1. The highest BCUT2D eigenvalue weighted by atomic mass is 16.3. The summed E-state index contributed by atoms with van der Waals surface area (Å²) in [5, 5.41) is 24.1. The Bertz CT molecular complexity index is 1050. The van der Waals surface area contributed by atoms with Gasteiger partial charge in [0.25, 0.3) is 0 Å². The van der Waals surface area contributed by atoms with Gasteiger partial charge in [0.1, 0.15) is 12.1 Å². The zero-order chi connectivity index (χ0) is 25.4. The number of benzene rings is 1. The predicted octanol–water partition coefficient (Wildman–Crippen LogP) is 1.71. The quantitative estimate of drug-likeness (QED) is 0.283. The molecule has 0 aliphatic carbocycles. The number of aliphatic imine (C=N–C) groups is 1. The molecule has 0 unspecified atom stereocenters. The number of aliphatic hydroxyl groups is 1. The molecule has 1 fully saturated rings. The molecule has 3 atom stereocenters. The Labute approximate surface area is 205 Å². The number of nitrogens with two attached hydrogens (primary N) is 1. The third-order valence-corrected chi connectivity index (χ3v) is 6.08. The maximum atomic E-state index is 13.3. The van der Waals surface area contributed by atoms with Crippen LogP contribution in [0.1, 0.15) is 45.2 Å². The summed E-state index contributed by atoms with van der Waals surface area (Å²) in [4.78, 5) is 32.5. The van der Waals surface area contributed by atoms with Crippen LogP contribution in [0.5, 0.6) is 0 Å². The summed E-state index contributed by atoms with van der Waals surface area (Å²) in [6.07, 6.45) is 6.06. The van der Waals surface area contributed by atoms with Crippen LogP contribution in [0.3, 0.4) is 0 Å². The van der Waals surface area contributed by atoms with Crippen LogP contribution in [0.2, 0.25) is 0 Å². The normalized spacial score (nSPS) is 18.1. The van der Waals surface area contributed by atoms with Gasteiger partial charge in [-0.15, -0.1) is 0 Å². The molecule has 186 valence electrons. The first-order chi connectivity index (χ1) is 16.8. The number of carbonyl (C=O) groups excluding carboxylic acids is 2. The van der Waals surface area contributed by atoms with Gasteiger partial charge in [-0.2, -0.15) is 15.3 Å². The molecule has 0 radical (unpaired) electrons. The van der Waals surface area contributed by atoms with Gasteiger partial charge in [-0.1, -0.05) is 38.1 Å². The highest BCUT2D eigenvalue weighted by Gasteiger charge is 2.38. The lowest BCUT2D eigenvalue weighted by atomic mass is 10.0. The summed E-state index contributed by atoms with van der Waals surface area (Å²) in [5.41, 5.74) is 3.15. The van der Waals surface area contributed by atoms with E-state index in [1.165, 1.54) is 6.21 Å². The summed E-state index contributed by atoms with van der Waals surface area (Å²) >= 11 is 0. The van der Waals surface area contributed by atoms with Gasteiger partial charge >= 0.3 is 0 Å². The number of hydrogen-bond acceptors (Lipinski definition) is 8. The second-order valence-corrected chi connectivity index (χ2v) is 8.92. The van der Waals surface area contributed by atoms with Crippen LogP contribution >= 0.6 is 0 Å². The molecule has 2 aromatic rings. The van der Waals surface area contributed by atoms with Crippen LogP contribution in [-0.4, -0.2) is 69.2 Å². The topological polar surface area (TPSA) is 146 Å². The third-order valence-electron chi connectivity index (χ3n) is 6.08. The van der Waals surface area contributed by atoms with E-state index in [0.29, 0.717) is 18.7 Å². The molecule has 10 nitrogen and oxygen atoms in total. The maximum absolute atomic E-state index is 13.3. The van der Waals surface area contributed by atoms with Gasteiger partial charge in [0.05, 0.1) is 30.8 Å². The van der Waals surface area contributed by atoms with Crippen LogP contribution in [0.25, 0.3) is 11.1 Å². The fourth-order valence-electron chi connectivity index (χ4n) is 4.09. The molecule has 4 N–H and O–H groups in total. The minimum Gasteiger partial charge on any atom is -0.394 e. The van der Waals surface area contributed by atoms with Crippen molar-refractivity contribution in [2.24, 2.45) is 21.9 Å². The Balaban J connectivity index is 1.71. The number of aliphatic hydroxyl groups excluding tert-OH is 1. The molecule has 2 heterocycles. The van der Waals surface area contributed by atoms with E-state index in [0.717, 1.165) is 23.1 Å². The van der Waals surface area contributed by atoms with Gasteiger partial charge in [-0.05, 0) is 42.9 Å². The second kappa shape index (κ2) is 12.2. The Kier molecular flexibility index (Phi) is 9.02. The maximum Gasteiger partial charge on any atom is 0.248 e. The van der Waals surface area contributed by atoms with Crippen molar-refractivity contribution in [3.8, 4) is 11.1 Å².